The molecule has 0 aromatic heterocycles. The van der Waals surface area contributed by atoms with E-state index in [0.29, 0.717) is 18.5 Å². The monoisotopic (exact) mass is 291 g/mol. The van der Waals surface area contributed by atoms with E-state index in [0.717, 1.165) is 31.4 Å². The fourth-order valence-electron chi connectivity index (χ4n) is 2.99. The summed E-state index contributed by atoms with van der Waals surface area (Å²) in [5, 5.41) is 3.47. The zero-order chi connectivity index (χ0) is 15.0. The third-order valence-electron chi connectivity index (χ3n) is 4.49. The molecule has 5 heteroatoms. The van der Waals surface area contributed by atoms with Crippen LogP contribution in [-0.2, 0) is 4.79 Å². The van der Waals surface area contributed by atoms with Crippen molar-refractivity contribution in [2.75, 3.05) is 18.5 Å². The van der Waals surface area contributed by atoms with Gasteiger partial charge in [-0.1, -0.05) is 6.07 Å². The molecule has 0 radical (unpaired) electrons. The van der Waals surface area contributed by atoms with Crippen LogP contribution in [0.2, 0.25) is 0 Å². The Morgan fingerprint density at radius 3 is 2.67 bits per heavy atom. The largest absolute Gasteiger partial charge is 0.372 e. The van der Waals surface area contributed by atoms with Crippen LogP contribution in [-0.4, -0.2) is 31.1 Å². The Labute approximate surface area is 124 Å². The number of carbonyl (C=O) groups is 1. The molecule has 3 rings (SSSR count). The van der Waals surface area contributed by atoms with Gasteiger partial charge in [0, 0.05) is 25.3 Å². The highest BCUT2D eigenvalue weighted by atomic mass is 19.1. The third-order valence-corrected chi connectivity index (χ3v) is 4.49. The van der Waals surface area contributed by atoms with Crippen molar-refractivity contribution in [3.63, 3.8) is 0 Å². The number of primary amides is 1. The van der Waals surface area contributed by atoms with Gasteiger partial charge < -0.3 is 10.6 Å². The number of nitrogens with zero attached hydrogens (tertiary/aromatic N) is 1. The Kier molecular flexibility index (Phi) is 3.61. The van der Waals surface area contributed by atoms with E-state index in [9.17, 15) is 9.18 Å². The van der Waals surface area contributed by atoms with Crippen molar-refractivity contribution in [2.45, 2.75) is 37.3 Å². The summed E-state index contributed by atoms with van der Waals surface area (Å²) < 4.78 is 13.4. The highest BCUT2D eigenvalue weighted by molar-refractivity contribution is 5.86. The molecule has 2 aliphatic rings. The first kappa shape index (κ1) is 14.3. The van der Waals surface area contributed by atoms with E-state index in [-0.39, 0.29) is 11.7 Å². The van der Waals surface area contributed by atoms with Gasteiger partial charge in [0.2, 0.25) is 5.91 Å². The fourth-order valence-corrected chi connectivity index (χ4v) is 2.99. The molecular formula is C16H22FN3O. The number of benzene rings is 1. The number of likely N-dealkylation sites (N-methyl/N-ethyl adjacent to an activating group) is 1. The Bertz CT molecular complexity index is 542. The first-order valence-electron chi connectivity index (χ1n) is 7.55. The van der Waals surface area contributed by atoms with Crippen molar-refractivity contribution in [1.82, 2.24) is 5.32 Å². The number of halogens is 1. The van der Waals surface area contributed by atoms with E-state index in [4.69, 9.17) is 5.73 Å². The summed E-state index contributed by atoms with van der Waals surface area (Å²) in [6.07, 6.45) is 4.26. The zero-order valence-corrected chi connectivity index (χ0v) is 12.3. The van der Waals surface area contributed by atoms with Crippen LogP contribution in [0.4, 0.5) is 10.1 Å². The van der Waals surface area contributed by atoms with Crippen molar-refractivity contribution in [1.29, 1.82) is 0 Å². The van der Waals surface area contributed by atoms with Crippen molar-refractivity contribution in [3.8, 4) is 0 Å². The maximum atomic E-state index is 13.4. The van der Waals surface area contributed by atoms with Crippen LogP contribution < -0.4 is 16.0 Å². The van der Waals surface area contributed by atoms with E-state index in [1.807, 2.05) is 18.0 Å². The average Bonchev–Trinajstić information content (AvgIpc) is 3.30. The number of nitrogens with two attached hydrogens (primary N) is 1. The maximum Gasteiger partial charge on any atom is 0.239 e. The maximum absolute atomic E-state index is 13.4. The molecule has 21 heavy (non-hydrogen) atoms. The van der Waals surface area contributed by atoms with Crippen molar-refractivity contribution in [3.05, 3.63) is 30.1 Å². The van der Waals surface area contributed by atoms with Gasteiger partial charge in [-0.05, 0) is 49.8 Å². The fraction of sp³-hybridized carbons (Fsp3) is 0.562. The van der Waals surface area contributed by atoms with E-state index in [2.05, 4.69) is 5.32 Å². The molecular weight excluding hydrogens is 269 g/mol. The van der Waals surface area contributed by atoms with Crippen LogP contribution in [0.5, 0.6) is 0 Å². The summed E-state index contributed by atoms with van der Waals surface area (Å²) in [5.41, 5.74) is 5.81. The number of hydrogen-bond acceptors (Lipinski definition) is 3. The Morgan fingerprint density at radius 2 is 2.14 bits per heavy atom. The highest BCUT2D eigenvalue weighted by Crippen LogP contribution is 2.42. The minimum atomic E-state index is -0.692. The molecule has 3 N–H and O–H groups in total. The molecule has 2 fully saturated rings. The van der Waals surface area contributed by atoms with Gasteiger partial charge in [0.25, 0.3) is 0 Å². The van der Waals surface area contributed by atoms with E-state index in [1.165, 1.54) is 12.1 Å². The molecule has 114 valence electrons. The van der Waals surface area contributed by atoms with Crippen LogP contribution in [0.1, 0.15) is 25.7 Å². The lowest BCUT2D eigenvalue weighted by atomic mass is 9.91. The van der Waals surface area contributed by atoms with Gasteiger partial charge in [-0.2, -0.15) is 0 Å². The van der Waals surface area contributed by atoms with Gasteiger partial charge in [0.15, 0.2) is 0 Å². The number of anilines is 1. The summed E-state index contributed by atoms with van der Waals surface area (Å²) in [4.78, 5) is 14.1. The van der Waals surface area contributed by atoms with Gasteiger partial charge in [0.1, 0.15) is 11.4 Å². The lowest BCUT2D eigenvalue weighted by Gasteiger charge is -2.37. The zero-order valence-electron chi connectivity index (χ0n) is 12.3. The average molecular weight is 291 g/mol. The quantitative estimate of drug-likeness (QED) is 0.803. The van der Waals surface area contributed by atoms with E-state index >= 15 is 0 Å². The molecule has 1 atom stereocenters. The second kappa shape index (κ2) is 5.30. The van der Waals surface area contributed by atoms with Crippen molar-refractivity contribution >= 4 is 11.6 Å². The number of amides is 1. The molecule has 2 aliphatic carbocycles. The Balaban J connectivity index is 1.81. The van der Waals surface area contributed by atoms with Crippen LogP contribution in [0, 0.1) is 11.7 Å². The van der Waals surface area contributed by atoms with Gasteiger partial charge >= 0.3 is 0 Å². The lowest BCUT2D eigenvalue weighted by Crippen LogP contribution is -2.63. The molecule has 0 heterocycles. The Hall–Kier alpha value is -1.62. The van der Waals surface area contributed by atoms with Crippen molar-refractivity contribution in [2.24, 2.45) is 11.7 Å². The second-order valence-corrected chi connectivity index (χ2v) is 6.36. The minimum absolute atomic E-state index is 0.273. The molecule has 0 aliphatic heterocycles. The van der Waals surface area contributed by atoms with Crippen LogP contribution >= 0.6 is 0 Å². The second-order valence-electron chi connectivity index (χ2n) is 6.36. The molecule has 1 amide bonds. The van der Waals surface area contributed by atoms with Gasteiger partial charge in [-0.15, -0.1) is 0 Å². The standard InChI is InChI=1S/C16H22FN3O/c1-20(14-4-2-3-12(17)9-14)10-16(15(18)21,11-5-6-11)19-13-7-8-13/h2-4,9,11,13,19H,5-8,10H2,1H3,(H2,18,21). The Morgan fingerprint density at radius 1 is 1.43 bits per heavy atom. The normalized spacial score (nSPS) is 20.9. The molecule has 1 aromatic rings. The SMILES string of the molecule is CN(CC(NC1CC1)(C(N)=O)C1CC1)c1cccc(F)c1. The first-order valence-corrected chi connectivity index (χ1v) is 7.55. The van der Waals surface area contributed by atoms with Crippen molar-refractivity contribution < 1.29 is 9.18 Å². The first-order chi connectivity index (χ1) is 10.0. The number of rotatable bonds is 7. The molecule has 0 bridgehead atoms. The highest BCUT2D eigenvalue weighted by Gasteiger charge is 2.52. The van der Waals surface area contributed by atoms with E-state index < -0.39 is 5.54 Å². The topological polar surface area (TPSA) is 58.4 Å². The molecule has 4 nitrogen and oxygen atoms in total. The smallest absolute Gasteiger partial charge is 0.239 e. The van der Waals surface area contributed by atoms with Gasteiger partial charge in [0.05, 0.1) is 0 Å². The van der Waals surface area contributed by atoms with Crippen LogP contribution in [0.15, 0.2) is 24.3 Å². The number of hydrogen-bond donors (Lipinski definition) is 2. The molecule has 1 unspecified atom stereocenters. The molecule has 1 aromatic carbocycles. The third kappa shape index (κ3) is 3.02. The summed E-state index contributed by atoms with van der Waals surface area (Å²) in [7, 11) is 1.88. The summed E-state index contributed by atoms with van der Waals surface area (Å²) in [6.45, 7) is 0.479. The van der Waals surface area contributed by atoms with Gasteiger partial charge in [-0.3, -0.25) is 10.1 Å². The number of carbonyl (C=O) groups excluding carboxylic acids is 1. The molecule has 2 saturated carbocycles. The lowest BCUT2D eigenvalue weighted by molar-refractivity contribution is -0.125. The van der Waals surface area contributed by atoms with Crippen LogP contribution in [0.3, 0.4) is 0 Å². The molecule has 0 saturated heterocycles. The summed E-state index contributed by atoms with van der Waals surface area (Å²) in [5.74, 6) is -0.266. The van der Waals surface area contributed by atoms with Gasteiger partial charge in [-0.25, -0.2) is 4.39 Å². The molecule has 0 spiro atoms. The predicted molar refractivity (Wildman–Crippen MR) is 80.5 cm³/mol. The summed E-state index contributed by atoms with van der Waals surface area (Å²) in [6, 6.07) is 6.83. The predicted octanol–water partition coefficient (Wildman–Crippen LogP) is 1.65. The number of nitrogens with one attached hydrogen (secondary N) is 1. The van der Waals surface area contributed by atoms with E-state index in [1.54, 1.807) is 6.07 Å². The minimum Gasteiger partial charge on any atom is -0.372 e. The van der Waals surface area contributed by atoms with Crippen LogP contribution in [0.25, 0.3) is 0 Å². The summed E-state index contributed by atoms with van der Waals surface area (Å²) >= 11 is 0.